The van der Waals surface area contributed by atoms with Crippen LogP contribution in [0.1, 0.15) is 28.8 Å². The number of rotatable bonds is 7. The van der Waals surface area contributed by atoms with E-state index in [1.165, 1.54) is 0 Å². The first-order chi connectivity index (χ1) is 13.7. The molecule has 0 saturated carbocycles. The Balaban J connectivity index is 1.22. The lowest BCUT2D eigenvalue weighted by Gasteiger charge is -2.15. The van der Waals surface area contributed by atoms with Gasteiger partial charge < -0.3 is 24.4 Å². The molecule has 2 heterocycles. The van der Waals surface area contributed by atoms with Gasteiger partial charge in [0.2, 0.25) is 12.7 Å². The number of likely N-dealkylation sites (tertiary alicyclic amines) is 1. The summed E-state index contributed by atoms with van der Waals surface area (Å²) >= 11 is 0. The second kappa shape index (κ2) is 8.21. The summed E-state index contributed by atoms with van der Waals surface area (Å²) in [5, 5.41) is 2.84. The highest BCUT2D eigenvalue weighted by Crippen LogP contribution is 2.34. The normalized spacial score (nSPS) is 15.0. The number of carbonyl (C=O) groups excluding carboxylic acids is 2. The van der Waals surface area contributed by atoms with E-state index < -0.39 is 0 Å². The minimum Gasteiger partial charge on any atom is -0.492 e. The fraction of sp³-hybridized carbons (Fsp3) is 0.333. The van der Waals surface area contributed by atoms with Crippen LogP contribution in [0, 0.1) is 0 Å². The number of nitrogens with zero attached hydrogens (tertiary/aromatic N) is 1. The Morgan fingerprint density at radius 2 is 1.93 bits per heavy atom. The molecule has 0 unspecified atom stereocenters. The van der Waals surface area contributed by atoms with Gasteiger partial charge in [0, 0.05) is 31.1 Å². The Bertz CT molecular complexity index is 866. The zero-order valence-electron chi connectivity index (χ0n) is 15.5. The van der Waals surface area contributed by atoms with E-state index in [-0.39, 0.29) is 18.6 Å². The average Bonchev–Trinajstić information content (AvgIpc) is 3.34. The number of benzene rings is 2. The monoisotopic (exact) mass is 382 g/mol. The third-order valence-corrected chi connectivity index (χ3v) is 4.76. The largest absolute Gasteiger partial charge is 0.492 e. The van der Waals surface area contributed by atoms with Crippen molar-refractivity contribution in [3.63, 3.8) is 0 Å². The van der Waals surface area contributed by atoms with Crippen molar-refractivity contribution in [3.05, 3.63) is 53.6 Å². The second-order valence-electron chi connectivity index (χ2n) is 6.74. The van der Waals surface area contributed by atoms with E-state index in [0.29, 0.717) is 48.9 Å². The van der Waals surface area contributed by atoms with Gasteiger partial charge in [-0.1, -0.05) is 12.1 Å². The highest BCUT2D eigenvalue weighted by atomic mass is 16.7. The SMILES string of the molecule is O=C(NCCOc1ccc2c(c1)OCO2)c1ccc(CN2CCCC2=O)cc1. The number of fused-ring (bicyclic) bond motifs is 1. The minimum absolute atomic E-state index is 0.155. The molecular weight excluding hydrogens is 360 g/mol. The van der Waals surface area contributed by atoms with Crippen LogP contribution in [0.3, 0.4) is 0 Å². The third kappa shape index (κ3) is 4.19. The molecule has 1 N–H and O–H groups in total. The summed E-state index contributed by atoms with van der Waals surface area (Å²) in [4.78, 5) is 25.8. The average molecular weight is 382 g/mol. The van der Waals surface area contributed by atoms with E-state index in [1.54, 1.807) is 30.3 Å². The molecule has 0 bridgehead atoms. The van der Waals surface area contributed by atoms with Gasteiger partial charge in [-0.05, 0) is 36.2 Å². The topological polar surface area (TPSA) is 77.1 Å². The number of hydrogen-bond donors (Lipinski definition) is 1. The quantitative estimate of drug-likeness (QED) is 0.744. The van der Waals surface area contributed by atoms with Crippen LogP contribution in [0.2, 0.25) is 0 Å². The molecule has 0 radical (unpaired) electrons. The number of nitrogens with one attached hydrogen (secondary N) is 1. The fourth-order valence-corrected chi connectivity index (χ4v) is 3.26. The fourth-order valence-electron chi connectivity index (χ4n) is 3.26. The molecule has 1 fully saturated rings. The Hall–Kier alpha value is -3.22. The van der Waals surface area contributed by atoms with Crippen LogP contribution >= 0.6 is 0 Å². The Kier molecular flexibility index (Phi) is 5.32. The van der Waals surface area contributed by atoms with Gasteiger partial charge in [0.05, 0.1) is 6.54 Å². The van der Waals surface area contributed by atoms with Gasteiger partial charge in [0.15, 0.2) is 11.5 Å². The molecule has 2 aromatic rings. The van der Waals surface area contributed by atoms with E-state index in [9.17, 15) is 9.59 Å². The summed E-state index contributed by atoms with van der Waals surface area (Å²) in [6, 6.07) is 12.7. The van der Waals surface area contributed by atoms with Crippen LogP contribution < -0.4 is 19.5 Å². The van der Waals surface area contributed by atoms with E-state index in [0.717, 1.165) is 18.5 Å². The van der Waals surface area contributed by atoms with Crippen molar-refractivity contribution >= 4 is 11.8 Å². The maximum atomic E-state index is 12.2. The Morgan fingerprint density at radius 3 is 2.71 bits per heavy atom. The Labute approximate surface area is 163 Å². The van der Waals surface area contributed by atoms with Crippen LogP contribution in [-0.4, -0.2) is 43.2 Å². The highest BCUT2D eigenvalue weighted by molar-refractivity contribution is 5.94. The smallest absolute Gasteiger partial charge is 0.251 e. The lowest BCUT2D eigenvalue weighted by molar-refractivity contribution is -0.128. The van der Waals surface area contributed by atoms with Crippen LogP contribution in [-0.2, 0) is 11.3 Å². The number of ether oxygens (including phenoxy) is 3. The molecule has 28 heavy (non-hydrogen) atoms. The predicted octanol–water partition coefficient (Wildman–Crippen LogP) is 2.35. The lowest BCUT2D eigenvalue weighted by atomic mass is 10.1. The molecule has 7 nitrogen and oxygen atoms in total. The number of amides is 2. The zero-order valence-corrected chi connectivity index (χ0v) is 15.5. The second-order valence-corrected chi connectivity index (χ2v) is 6.74. The van der Waals surface area contributed by atoms with Crippen molar-refractivity contribution in [3.8, 4) is 17.2 Å². The molecule has 2 aromatic carbocycles. The van der Waals surface area contributed by atoms with Gasteiger partial charge in [-0.3, -0.25) is 9.59 Å². The van der Waals surface area contributed by atoms with Crippen LogP contribution in [0.4, 0.5) is 0 Å². The van der Waals surface area contributed by atoms with Crippen molar-refractivity contribution in [2.24, 2.45) is 0 Å². The molecule has 2 amide bonds. The molecule has 4 rings (SSSR count). The van der Waals surface area contributed by atoms with E-state index in [1.807, 2.05) is 17.0 Å². The Morgan fingerprint density at radius 1 is 1.11 bits per heavy atom. The molecule has 0 aliphatic carbocycles. The summed E-state index contributed by atoms with van der Waals surface area (Å²) < 4.78 is 16.2. The standard InChI is InChI=1S/C21H22N2O5/c24-20-2-1-10-23(20)13-15-3-5-16(6-4-15)21(25)22-9-11-26-17-7-8-18-19(12-17)28-14-27-18/h3-8,12H,1-2,9-11,13-14H2,(H,22,25). The van der Waals surface area contributed by atoms with Crippen LogP contribution in [0.5, 0.6) is 17.2 Å². The van der Waals surface area contributed by atoms with Gasteiger partial charge in [0.25, 0.3) is 5.91 Å². The van der Waals surface area contributed by atoms with Gasteiger partial charge in [-0.15, -0.1) is 0 Å². The molecule has 0 spiro atoms. The molecule has 146 valence electrons. The van der Waals surface area contributed by atoms with Crippen molar-refractivity contribution in [2.75, 3.05) is 26.5 Å². The number of carbonyl (C=O) groups is 2. The van der Waals surface area contributed by atoms with Gasteiger partial charge >= 0.3 is 0 Å². The molecule has 7 heteroatoms. The molecule has 0 aromatic heterocycles. The molecule has 0 atom stereocenters. The molecule has 1 saturated heterocycles. The van der Waals surface area contributed by atoms with Crippen molar-refractivity contribution in [1.29, 1.82) is 0 Å². The van der Waals surface area contributed by atoms with E-state index in [4.69, 9.17) is 14.2 Å². The molecule has 2 aliphatic rings. The predicted molar refractivity (Wildman–Crippen MR) is 101 cm³/mol. The van der Waals surface area contributed by atoms with Crippen molar-refractivity contribution in [2.45, 2.75) is 19.4 Å². The van der Waals surface area contributed by atoms with Crippen LogP contribution in [0.15, 0.2) is 42.5 Å². The summed E-state index contributed by atoms with van der Waals surface area (Å²) in [5.41, 5.74) is 1.61. The zero-order chi connectivity index (χ0) is 19.3. The summed E-state index contributed by atoms with van der Waals surface area (Å²) in [7, 11) is 0. The van der Waals surface area contributed by atoms with Crippen molar-refractivity contribution in [1.82, 2.24) is 10.2 Å². The third-order valence-electron chi connectivity index (χ3n) is 4.76. The minimum atomic E-state index is -0.155. The maximum Gasteiger partial charge on any atom is 0.251 e. The summed E-state index contributed by atoms with van der Waals surface area (Å²) in [6.07, 6.45) is 1.56. The molecule has 2 aliphatic heterocycles. The lowest BCUT2D eigenvalue weighted by Crippen LogP contribution is -2.28. The first-order valence-corrected chi connectivity index (χ1v) is 9.36. The first-order valence-electron chi connectivity index (χ1n) is 9.36. The van der Waals surface area contributed by atoms with Gasteiger partial charge in [-0.2, -0.15) is 0 Å². The summed E-state index contributed by atoms with van der Waals surface area (Å²) in [5.74, 6) is 2.08. The van der Waals surface area contributed by atoms with E-state index in [2.05, 4.69) is 5.32 Å². The van der Waals surface area contributed by atoms with Crippen molar-refractivity contribution < 1.29 is 23.8 Å². The van der Waals surface area contributed by atoms with Gasteiger partial charge in [0.1, 0.15) is 12.4 Å². The van der Waals surface area contributed by atoms with E-state index >= 15 is 0 Å². The highest BCUT2D eigenvalue weighted by Gasteiger charge is 2.20. The summed E-state index contributed by atoms with van der Waals surface area (Å²) in [6.45, 7) is 2.37. The maximum absolute atomic E-state index is 12.2. The number of hydrogen-bond acceptors (Lipinski definition) is 5. The first kappa shape index (κ1) is 18.2. The van der Waals surface area contributed by atoms with Crippen LogP contribution in [0.25, 0.3) is 0 Å². The van der Waals surface area contributed by atoms with Gasteiger partial charge in [-0.25, -0.2) is 0 Å². The molecular formula is C21H22N2O5.